The van der Waals surface area contributed by atoms with E-state index in [2.05, 4.69) is 10.3 Å². The van der Waals surface area contributed by atoms with Gasteiger partial charge < -0.3 is 10.2 Å². The zero-order chi connectivity index (χ0) is 14.9. The topological polar surface area (TPSA) is 62.3 Å². The highest BCUT2D eigenvalue weighted by Crippen LogP contribution is 2.11. The van der Waals surface area contributed by atoms with Crippen LogP contribution in [0.3, 0.4) is 0 Å². The lowest BCUT2D eigenvalue weighted by molar-refractivity contribution is -0.133. The van der Waals surface area contributed by atoms with Crippen LogP contribution in [0.25, 0.3) is 0 Å². The summed E-state index contributed by atoms with van der Waals surface area (Å²) >= 11 is 1.59. The third-order valence-electron chi connectivity index (χ3n) is 3.67. The molecule has 0 aliphatic carbocycles. The summed E-state index contributed by atoms with van der Waals surface area (Å²) in [5, 5.41) is 5.80. The summed E-state index contributed by atoms with van der Waals surface area (Å²) in [6, 6.07) is 0. The molecule has 1 saturated heterocycles. The van der Waals surface area contributed by atoms with Crippen molar-refractivity contribution in [1.29, 1.82) is 0 Å². The van der Waals surface area contributed by atoms with Crippen molar-refractivity contribution in [3.63, 3.8) is 0 Å². The number of likely N-dealkylation sites (tertiary alicyclic amines) is 1. The van der Waals surface area contributed by atoms with Gasteiger partial charge in [0.1, 0.15) is 0 Å². The molecule has 1 fully saturated rings. The van der Waals surface area contributed by atoms with Crippen LogP contribution in [0.15, 0.2) is 11.6 Å². The van der Waals surface area contributed by atoms with E-state index in [0.29, 0.717) is 13.0 Å². The molecule has 0 spiro atoms. The maximum atomic E-state index is 12.1. The summed E-state index contributed by atoms with van der Waals surface area (Å²) in [6.45, 7) is 2.29. The van der Waals surface area contributed by atoms with Gasteiger partial charge in [0.2, 0.25) is 11.8 Å². The average molecular weight is 309 g/mol. The Balaban J connectivity index is 1.60. The highest BCUT2D eigenvalue weighted by atomic mass is 32.1. The molecule has 2 rings (SSSR count). The summed E-state index contributed by atoms with van der Waals surface area (Å²) in [7, 11) is 0. The largest absolute Gasteiger partial charge is 0.356 e. The molecule has 1 aromatic rings. The zero-order valence-electron chi connectivity index (χ0n) is 12.3. The van der Waals surface area contributed by atoms with E-state index >= 15 is 0 Å². The Morgan fingerprint density at radius 2 is 1.95 bits per heavy atom. The normalized spacial score (nSPS) is 15.5. The second-order valence-corrected chi connectivity index (χ2v) is 6.30. The Morgan fingerprint density at radius 1 is 1.19 bits per heavy atom. The smallest absolute Gasteiger partial charge is 0.223 e. The van der Waals surface area contributed by atoms with Crippen LogP contribution in [-0.2, 0) is 16.0 Å². The van der Waals surface area contributed by atoms with Crippen LogP contribution in [0, 0.1) is 0 Å². The Bertz CT molecular complexity index is 440. The van der Waals surface area contributed by atoms with Gasteiger partial charge in [-0.3, -0.25) is 9.59 Å². The SMILES string of the molecule is O=C(CCC(=O)N1CCCCCC1)NCCc1nccs1. The second-order valence-electron chi connectivity index (χ2n) is 5.32. The van der Waals surface area contributed by atoms with Crippen molar-refractivity contribution in [2.75, 3.05) is 19.6 Å². The van der Waals surface area contributed by atoms with Gasteiger partial charge in [0.15, 0.2) is 0 Å². The number of rotatable bonds is 6. The first-order valence-corrected chi connectivity index (χ1v) is 8.56. The minimum Gasteiger partial charge on any atom is -0.356 e. The molecule has 0 unspecified atom stereocenters. The number of thiazole rings is 1. The van der Waals surface area contributed by atoms with Crippen LogP contribution >= 0.6 is 11.3 Å². The minimum atomic E-state index is -0.0465. The fraction of sp³-hybridized carbons (Fsp3) is 0.667. The Morgan fingerprint density at radius 3 is 2.62 bits per heavy atom. The number of nitrogens with one attached hydrogen (secondary N) is 1. The number of aromatic nitrogens is 1. The van der Waals surface area contributed by atoms with E-state index in [-0.39, 0.29) is 18.2 Å². The molecule has 0 bridgehead atoms. The molecule has 0 radical (unpaired) electrons. The number of carbonyl (C=O) groups excluding carboxylic acids is 2. The number of hydrogen-bond donors (Lipinski definition) is 1. The third-order valence-corrected chi connectivity index (χ3v) is 4.51. The Hall–Kier alpha value is -1.43. The van der Waals surface area contributed by atoms with Crippen LogP contribution in [0.5, 0.6) is 0 Å². The van der Waals surface area contributed by atoms with Crippen LogP contribution in [0.2, 0.25) is 0 Å². The van der Waals surface area contributed by atoms with Crippen LogP contribution in [-0.4, -0.2) is 41.3 Å². The first-order chi connectivity index (χ1) is 10.3. The van der Waals surface area contributed by atoms with Gasteiger partial charge in [0, 0.05) is 50.5 Å². The van der Waals surface area contributed by atoms with Crippen molar-refractivity contribution < 1.29 is 9.59 Å². The molecule has 1 aliphatic rings. The van der Waals surface area contributed by atoms with E-state index in [1.165, 1.54) is 12.8 Å². The first kappa shape index (κ1) is 15.9. The van der Waals surface area contributed by atoms with Crippen molar-refractivity contribution in [3.8, 4) is 0 Å². The monoisotopic (exact) mass is 309 g/mol. The van der Waals surface area contributed by atoms with Crippen molar-refractivity contribution in [1.82, 2.24) is 15.2 Å². The zero-order valence-corrected chi connectivity index (χ0v) is 13.2. The quantitative estimate of drug-likeness (QED) is 0.874. The van der Waals surface area contributed by atoms with E-state index < -0.39 is 0 Å². The molecule has 116 valence electrons. The lowest BCUT2D eigenvalue weighted by Gasteiger charge is -2.20. The lowest BCUT2D eigenvalue weighted by Crippen LogP contribution is -2.33. The fourth-order valence-corrected chi connectivity index (χ4v) is 3.09. The van der Waals surface area contributed by atoms with Gasteiger partial charge in [-0.2, -0.15) is 0 Å². The van der Waals surface area contributed by atoms with E-state index in [1.54, 1.807) is 17.5 Å². The average Bonchev–Trinajstić information content (AvgIpc) is 2.85. The first-order valence-electron chi connectivity index (χ1n) is 7.68. The van der Waals surface area contributed by atoms with Gasteiger partial charge in [0.25, 0.3) is 0 Å². The maximum absolute atomic E-state index is 12.1. The van der Waals surface area contributed by atoms with Gasteiger partial charge in [0.05, 0.1) is 5.01 Å². The van der Waals surface area contributed by atoms with Gasteiger partial charge in [-0.1, -0.05) is 12.8 Å². The summed E-state index contributed by atoms with van der Waals surface area (Å²) in [6.07, 6.45) is 7.72. The number of carbonyl (C=O) groups is 2. The minimum absolute atomic E-state index is 0.0465. The molecule has 1 aliphatic heterocycles. The van der Waals surface area contributed by atoms with Gasteiger partial charge in [-0.15, -0.1) is 11.3 Å². The summed E-state index contributed by atoms with van der Waals surface area (Å²) < 4.78 is 0. The molecular weight excluding hydrogens is 286 g/mol. The van der Waals surface area contributed by atoms with E-state index in [9.17, 15) is 9.59 Å². The predicted octanol–water partition coefficient (Wildman–Crippen LogP) is 1.98. The summed E-state index contributed by atoms with van der Waals surface area (Å²) in [4.78, 5) is 29.9. The van der Waals surface area contributed by atoms with Crippen LogP contribution < -0.4 is 5.32 Å². The standard InChI is InChI=1S/C15H23N3O2S/c19-13(16-8-7-14-17-9-12-21-14)5-6-15(20)18-10-3-1-2-4-11-18/h9,12H,1-8,10-11H2,(H,16,19). The van der Waals surface area contributed by atoms with E-state index in [1.807, 2.05) is 10.3 Å². The van der Waals surface area contributed by atoms with Crippen LogP contribution in [0.1, 0.15) is 43.5 Å². The molecule has 1 N–H and O–H groups in total. The molecule has 0 aromatic carbocycles. The van der Waals surface area contributed by atoms with Crippen LogP contribution in [0.4, 0.5) is 0 Å². The molecule has 0 saturated carbocycles. The Kier molecular flexibility index (Phi) is 6.66. The molecule has 2 amide bonds. The number of nitrogens with zero attached hydrogens (tertiary/aromatic N) is 2. The van der Waals surface area contributed by atoms with Gasteiger partial charge >= 0.3 is 0 Å². The second kappa shape index (κ2) is 8.77. The number of hydrogen-bond acceptors (Lipinski definition) is 4. The molecule has 5 nitrogen and oxygen atoms in total. The highest BCUT2D eigenvalue weighted by Gasteiger charge is 2.16. The summed E-state index contributed by atoms with van der Waals surface area (Å²) in [5.41, 5.74) is 0. The molecule has 21 heavy (non-hydrogen) atoms. The van der Waals surface area contributed by atoms with Crippen molar-refractivity contribution in [3.05, 3.63) is 16.6 Å². The summed E-state index contributed by atoms with van der Waals surface area (Å²) in [5.74, 6) is 0.0710. The van der Waals surface area contributed by atoms with Gasteiger partial charge in [-0.25, -0.2) is 4.98 Å². The third kappa shape index (κ3) is 5.83. The molecule has 1 aromatic heterocycles. The highest BCUT2D eigenvalue weighted by molar-refractivity contribution is 7.09. The van der Waals surface area contributed by atoms with E-state index in [4.69, 9.17) is 0 Å². The van der Waals surface area contributed by atoms with Crippen molar-refractivity contribution in [2.24, 2.45) is 0 Å². The Labute approximate surface area is 129 Å². The van der Waals surface area contributed by atoms with E-state index in [0.717, 1.165) is 37.4 Å². The molecule has 0 atom stereocenters. The van der Waals surface area contributed by atoms with Crippen molar-refractivity contribution >= 4 is 23.2 Å². The molecule has 2 heterocycles. The lowest BCUT2D eigenvalue weighted by atomic mass is 10.2. The number of amides is 2. The van der Waals surface area contributed by atoms with Crippen molar-refractivity contribution in [2.45, 2.75) is 44.9 Å². The maximum Gasteiger partial charge on any atom is 0.223 e. The fourth-order valence-electron chi connectivity index (χ4n) is 2.47. The molecule has 6 heteroatoms. The predicted molar refractivity (Wildman–Crippen MR) is 83.1 cm³/mol. The molecular formula is C15H23N3O2S. The van der Waals surface area contributed by atoms with Gasteiger partial charge in [-0.05, 0) is 12.8 Å².